The van der Waals surface area contributed by atoms with Crippen LogP contribution in [-0.4, -0.2) is 38.3 Å². The van der Waals surface area contributed by atoms with E-state index in [0.717, 1.165) is 22.4 Å². The fourth-order valence-corrected chi connectivity index (χ4v) is 2.38. The smallest absolute Gasteiger partial charge is 0.304 e. The summed E-state index contributed by atoms with van der Waals surface area (Å²) < 4.78 is 2.99. The summed E-state index contributed by atoms with van der Waals surface area (Å²) in [6, 6.07) is 0.298. The summed E-state index contributed by atoms with van der Waals surface area (Å²) in [5, 5.41) is 13.3. The Morgan fingerprint density at radius 1 is 1.53 bits per heavy atom. The minimum absolute atomic E-state index is 0.162. The van der Waals surface area contributed by atoms with Crippen LogP contribution in [0.1, 0.15) is 38.6 Å². The fourth-order valence-electron chi connectivity index (χ4n) is 1.97. The topological polar surface area (TPSA) is 58.4 Å². The van der Waals surface area contributed by atoms with Crippen LogP contribution in [0.3, 0.4) is 0 Å². The first-order chi connectivity index (χ1) is 8.86. The van der Waals surface area contributed by atoms with Crippen molar-refractivity contribution in [3.05, 3.63) is 15.9 Å². The molecule has 108 valence electrons. The maximum atomic E-state index is 10.7. The van der Waals surface area contributed by atoms with Crippen LogP contribution in [0.4, 0.5) is 0 Å². The third-order valence-electron chi connectivity index (χ3n) is 3.15. The Balaban J connectivity index is 2.87. The van der Waals surface area contributed by atoms with Crippen LogP contribution in [0.2, 0.25) is 0 Å². The summed E-state index contributed by atoms with van der Waals surface area (Å²) in [7, 11) is 0. The molecule has 0 unspecified atom stereocenters. The van der Waals surface area contributed by atoms with Crippen LogP contribution in [0.5, 0.6) is 0 Å². The number of halogens is 1. The number of nitrogens with zero attached hydrogens (tertiary/aromatic N) is 3. The first-order valence-corrected chi connectivity index (χ1v) is 7.33. The van der Waals surface area contributed by atoms with Gasteiger partial charge in [-0.25, -0.2) is 0 Å². The van der Waals surface area contributed by atoms with Crippen molar-refractivity contribution in [1.29, 1.82) is 0 Å². The minimum Gasteiger partial charge on any atom is -0.481 e. The first-order valence-electron chi connectivity index (χ1n) is 6.54. The third kappa shape index (κ3) is 4.31. The normalized spacial score (nSPS) is 11.5. The first kappa shape index (κ1) is 16.2. The maximum absolute atomic E-state index is 10.7. The second kappa shape index (κ2) is 7.05. The van der Waals surface area contributed by atoms with Gasteiger partial charge in [0.25, 0.3) is 0 Å². The number of hydrogen-bond donors (Lipinski definition) is 1. The number of aryl methyl sites for hydroxylation is 2. The van der Waals surface area contributed by atoms with Crippen molar-refractivity contribution in [2.75, 3.05) is 6.54 Å². The third-order valence-corrected chi connectivity index (χ3v) is 4.18. The Kier molecular flexibility index (Phi) is 6.00. The van der Waals surface area contributed by atoms with Crippen LogP contribution >= 0.6 is 15.9 Å². The van der Waals surface area contributed by atoms with E-state index >= 15 is 0 Å². The van der Waals surface area contributed by atoms with E-state index in [0.29, 0.717) is 19.1 Å². The molecule has 0 aliphatic rings. The van der Waals surface area contributed by atoms with Crippen LogP contribution in [0.15, 0.2) is 4.47 Å². The molecule has 1 aromatic rings. The number of carbonyl (C=O) groups is 1. The molecule has 0 fully saturated rings. The average Bonchev–Trinajstić information content (AvgIpc) is 2.60. The summed E-state index contributed by atoms with van der Waals surface area (Å²) in [5.74, 6) is -0.759. The quantitative estimate of drug-likeness (QED) is 0.834. The van der Waals surface area contributed by atoms with Crippen LogP contribution in [-0.2, 0) is 17.9 Å². The van der Waals surface area contributed by atoms with E-state index in [2.05, 4.69) is 46.7 Å². The molecule has 0 radical (unpaired) electrons. The summed E-state index contributed by atoms with van der Waals surface area (Å²) in [6.07, 6.45) is 0.162. The lowest BCUT2D eigenvalue weighted by Gasteiger charge is -2.26. The zero-order valence-corrected chi connectivity index (χ0v) is 13.6. The Morgan fingerprint density at radius 3 is 2.63 bits per heavy atom. The van der Waals surface area contributed by atoms with Crippen molar-refractivity contribution in [2.24, 2.45) is 0 Å². The monoisotopic (exact) mass is 331 g/mol. The van der Waals surface area contributed by atoms with Gasteiger partial charge in [-0.2, -0.15) is 5.10 Å². The van der Waals surface area contributed by atoms with Gasteiger partial charge >= 0.3 is 5.97 Å². The highest BCUT2D eigenvalue weighted by molar-refractivity contribution is 9.10. The average molecular weight is 332 g/mol. The Morgan fingerprint density at radius 2 is 2.16 bits per heavy atom. The Labute approximate surface area is 122 Å². The maximum Gasteiger partial charge on any atom is 0.304 e. The number of rotatable bonds is 7. The van der Waals surface area contributed by atoms with E-state index in [-0.39, 0.29) is 6.42 Å². The van der Waals surface area contributed by atoms with Gasteiger partial charge in [-0.05, 0) is 43.6 Å². The highest BCUT2D eigenvalue weighted by Gasteiger charge is 2.18. The van der Waals surface area contributed by atoms with Gasteiger partial charge in [-0.1, -0.05) is 0 Å². The van der Waals surface area contributed by atoms with Gasteiger partial charge in [0.2, 0.25) is 0 Å². The molecule has 0 atom stereocenters. The zero-order chi connectivity index (χ0) is 14.6. The lowest BCUT2D eigenvalue weighted by molar-refractivity contribution is -0.137. The molecule has 19 heavy (non-hydrogen) atoms. The molecule has 5 nitrogen and oxygen atoms in total. The molecule has 1 heterocycles. The number of carboxylic acids is 1. The SMILES string of the molecule is CCn1nc(C)c(Br)c1CN(CCC(=O)O)C(C)C. The van der Waals surface area contributed by atoms with Crippen molar-refractivity contribution in [3.8, 4) is 0 Å². The summed E-state index contributed by atoms with van der Waals surface area (Å²) >= 11 is 3.57. The van der Waals surface area contributed by atoms with Gasteiger partial charge in [-0.15, -0.1) is 0 Å². The predicted molar refractivity (Wildman–Crippen MR) is 78.1 cm³/mol. The zero-order valence-electron chi connectivity index (χ0n) is 12.0. The number of aromatic nitrogens is 2. The molecule has 0 aliphatic heterocycles. The molecule has 0 bridgehead atoms. The summed E-state index contributed by atoms with van der Waals surface area (Å²) in [4.78, 5) is 12.9. The van der Waals surface area contributed by atoms with Gasteiger partial charge in [0, 0.05) is 25.7 Å². The van der Waals surface area contributed by atoms with Gasteiger partial charge in [0.15, 0.2) is 0 Å². The molecule has 0 saturated carbocycles. The molecular weight excluding hydrogens is 310 g/mol. The second-order valence-electron chi connectivity index (χ2n) is 4.87. The van der Waals surface area contributed by atoms with E-state index < -0.39 is 5.97 Å². The van der Waals surface area contributed by atoms with Crippen LogP contribution in [0.25, 0.3) is 0 Å². The van der Waals surface area contributed by atoms with E-state index in [1.54, 1.807) is 0 Å². The molecule has 0 saturated heterocycles. The Hall–Kier alpha value is -0.880. The second-order valence-corrected chi connectivity index (χ2v) is 5.66. The minimum atomic E-state index is -0.759. The highest BCUT2D eigenvalue weighted by Crippen LogP contribution is 2.23. The van der Waals surface area contributed by atoms with Crippen molar-refractivity contribution >= 4 is 21.9 Å². The largest absolute Gasteiger partial charge is 0.481 e. The molecule has 0 aromatic carbocycles. The fraction of sp³-hybridized carbons (Fsp3) is 0.692. The summed E-state index contributed by atoms with van der Waals surface area (Å²) in [5.41, 5.74) is 2.08. The molecule has 0 amide bonds. The molecule has 1 aromatic heterocycles. The van der Waals surface area contributed by atoms with E-state index in [1.807, 2.05) is 11.6 Å². The van der Waals surface area contributed by atoms with Gasteiger partial charge in [-0.3, -0.25) is 14.4 Å². The number of hydrogen-bond acceptors (Lipinski definition) is 3. The predicted octanol–water partition coefficient (Wildman–Crippen LogP) is 2.66. The van der Waals surface area contributed by atoms with Crippen molar-refractivity contribution in [2.45, 2.75) is 53.2 Å². The lowest BCUT2D eigenvalue weighted by atomic mass is 10.2. The lowest BCUT2D eigenvalue weighted by Crippen LogP contribution is -2.33. The molecule has 6 heteroatoms. The number of aliphatic carboxylic acids is 1. The number of carboxylic acid groups (broad SMARTS) is 1. The molecular formula is C13H22BrN3O2. The van der Waals surface area contributed by atoms with Crippen molar-refractivity contribution < 1.29 is 9.90 Å². The van der Waals surface area contributed by atoms with Crippen LogP contribution < -0.4 is 0 Å². The van der Waals surface area contributed by atoms with Gasteiger partial charge in [0.05, 0.1) is 22.3 Å². The Bertz CT molecular complexity index is 443. The molecule has 1 rings (SSSR count). The highest BCUT2D eigenvalue weighted by atomic mass is 79.9. The van der Waals surface area contributed by atoms with Gasteiger partial charge in [0.1, 0.15) is 0 Å². The van der Waals surface area contributed by atoms with Crippen LogP contribution in [0, 0.1) is 6.92 Å². The molecule has 1 N–H and O–H groups in total. The van der Waals surface area contributed by atoms with Gasteiger partial charge < -0.3 is 5.11 Å². The van der Waals surface area contributed by atoms with Crippen molar-refractivity contribution in [1.82, 2.24) is 14.7 Å². The van der Waals surface area contributed by atoms with E-state index in [1.165, 1.54) is 0 Å². The van der Waals surface area contributed by atoms with E-state index in [9.17, 15) is 4.79 Å². The van der Waals surface area contributed by atoms with E-state index in [4.69, 9.17) is 5.11 Å². The standard InChI is InChI=1S/C13H22BrN3O2/c1-5-17-11(13(14)10(4)15-17)8-16(9(2)3)7-6-12(18)19/h9H,5-8H2,1-4H3,(H,18,19). The molecule has 0 aliphatic carbocycles. The molecule has 0 spiro atoms. The van der Waals surface area contributed by atoms with Crippen molar-refractivity contribution in [3.63, 3.8) is 0 Å². The summed E-state index contributed by atoms with van der Waals surface area (Å²) in [6.45, 7) is 10.3.